The summed E-state index contributed by atoms with van der Waals surface area (Å²) in [6.45, 7) is 4.46. The zero-order valence-corrected chi connectivity index (χ0v) is 28.1. The van der Waals surface area contributed by atoms with Crippen LogP contribution in [0.25, 0.3) is 0 Å². The van der Waals surface area contributed by atoms with Gasteiger partial charge in [0.05, 0.1) is 17.9 Å². The molecule has 8 heteroatoms. The molecule has 250 valence electrons. The molecule has 0 saturated carbocycles. The third kappa shape index (κ3) is 27.8. The molecule has 0 aliphatic heterocycles. The van der Waals surface area contributed by atoms with E-state index in [4.69, 9.17) is 0 Å². The van der Waals surface area contributed by atoms with Gasteiger partial charge in [-0.05, 0) is 38.5 Å². The van der Waals surface area contributed by atoms with Crippen LogP contribution >= 0.6 is 0 Å². The summed E-state index contributed by atoms with van der Waals surface area (Å²) in [5.74, 6) is -1.46. The van der Waals surface area contributed by atoms with E-state index in [-0.39, 0.29) is 6.42 Å². The lowest BCUT2D eigenvalue weighted by atomic mass is 10.0. The van der Waals surface area contributed by atoms with Crippen LogP contribution in [0.15, 0.2) is 12.2 Å². The van der Waals surface area contributed by atoms with Crippen molar-refractivity contribution in [2.75, 3.05) is 5.75 Å². The van der Waals surface area contributed by atoms with Gasteiger partial charge in [0.25, 0.3) is 10.1 Å². The zero-order valence-electron chi connectivity index (χ0n) is 27.2. The number of carbonyl (C=O) groups excluding carboxylic acids is 1. The average molecular weight is 618 g/mol. The van der Waals surface area contributed by atoms with Gasteiger partial charge in [-0.1, -0.05) is 148 Å². The monoisotopic (exact) mass is 617 g/mol. The molecule has 7 nitrogen and oxygen atoms in total. The van der Waals surface area contributed by atoms with Crippen LogP contribution in [-0.2, 0) is 14.9 Å². The Morgan fingerprint density at radius 3 is 1.43 bits per heavy atom. The van der Waals surface area contributed by atoms with Crippen LogP contribution in [0.1, 0.15) is 174 Å². The normalized spacial score (nSPS) is 14.3. The van der Waals surface area contributed by atoms with Crippen LogP contribution < -0.4 is 5.32 Å². The van der Waals surface area contributed by atoms with E-state index in [2.05, 4.69) is 31.3 Å². The van der Waals surface area contributed by atoms with Crippen LogP contribution in [0.4, 0.5) is 0 Å². The fraction of sp³-hybridized carbons (Fsp3) is 0.912. The van der Waals surface area contributed by atoms with Crippen LogP contribution in [0.3, 0.4) is 0 Å². The quantitative estimate of drug-likeness (QED) is 0.0352. The first kappa shape index (κ1) is 41.0. The van der Waals surface area contributed by atoms with Gasteiger partial charge in [-0.25, -0.2) is 0 Å². The SMILES string of the molecule is CCCCCCCCC/C=C\CCCCCCC(O)C(=O)NC(CS(=O)(=O)O)C(O)CCCCCCCCCCCC. The largest absolute Gasteiger partial charge is 0.391 e. The summed E-state index contributed by atoms with van der Waals surface area (Å²) in [6.07, 6.45) is 29.5. The Bertz CT molecular complexity index is 742. The van der Waals surface area contributed by atoms with Crippen molar-refractivity contribution >= 4 is 16.0 Å². The third-order valence-electron chi connectivity index (χ3n) is 8.08. The molecule has 0 aromatic carbocycles. The fourth-order valence-corrected chi connectivity index (χ4v) is 6.10. The number of unbranched alkanes of at least 4 members (excludes halogenated alkanes) is 20. The van der Waals surface area contributed by atoms with E-state index in [0.29, 0.717) is 19.3 Å². The maximum atomic E-state index is 12.5. The van der Waals surface area contributed by atoms with E-state index in [1.54, 1.807) is 0 Å². The van der Waals surface area contributed by atoms with E-state index >= 15 is 0 Å². The predicted octanol–water partition coefficient (Wildman–Crippen LogP) is 8.43. The lowest BCUT2D eigenvalue weighted by molar-refractivity contribution is -0.131. The molecule has 0 heterocycles. The molecule has 0 spiro atoms. The number of rotatable bonds is 31. The van der Waals surface area contributed by atoms with Gasteiger partial charge in [-0.3, -0.25) is 9.35 Å². The first-order chi connectivity index (χ1) is 20.2. The summed E-state index contributed by atoms with van der Waals surface area (Å²) >= 11 is 0. The number of aliphatic hydroxyl groups excluding tert-OH is 2. The second-order valence-electron chi connectivity index (χ2n) is 12.3. The number of hydrogen-bond donors (Lipinski definition) is 4. The number of nitrogens with one attached hydrogen (secondary N) is 1. The van der Waals surface area contributed by atoms with Crippen molar-refractivity contribution in [3.05, 3.63) is 12.2 Å². The van der Waals surface area contributed by atoms with Crippen LogP contribution in [-0.4, -0.2) is 53.1 Å². The van der Waals surface area contributed by atoms with Gasteiger partial charge >= 0.3 is 0 Å². The van der Waals surface area contributed by atoms with E-state index in [0.717, 1.165) is 51.4 Å². The summed E-state index contributed by atoms with van der Waals surface area (Å²) in [5.41, 5.74) is 0. The van der Waals surface area contributed by atoms with Gasteiger partial charge in [-0.15, -0.1) is 0 Å². The molecule has 1 amide bonds. The Morgan fingerprint density at radius 2 is 1.00 bits per heavy atom. The Hall–Kier alpha value is -0.960. The molecule has 0 aliphatic carbocycles. The number of hydrogen-bond acceptors (Lipinski definition) is 5. The summed E-state index contributed by atoms with van der Waals surface area (Å²) in [4.78, 5) is 12.5. The summed E-state index contributed by atoms with van der Waals surface area (Å²) in [7, 11) is -4.40. The molecule has 0 radical (unpaired) electrons. The van der Waals surface area contributed by atoms with Crippen molar-refractivity contribution in [2.45, 2.75) is 193 Å². The first-order valence-electron chi connectivity index (χ1n) is 17.5. The molecule has 0 bridgehead atoms. The Kier molecular flexibility index (Phi) is 28.1. The maximum absolute atomic E-state index is 12.5. The van der Waals surface area contributed by atoms with Gasteiger partial charge in [0.15, 0.2) is 0 Å². The molecule has 0 aliphatic rings. The lowest BCUT2D eigenvalue weighted by Gasteiger charge is -2.24. The highest BCUT2D eigenvalue weighted by Crippen LogP contribution is 2.15. The molecule has 0 fully saturated rings. The van der Waals surface area contributed by atoms with Gasteiger partial charge in [-0.2, -0.15) is 8.42 Å². The molecular weight excluding hydrogens is 550 g/mol. The van der Waals surface area contributed by atoms with Crippen LogP contribution in [0.5, 0.6) is 0 Å². The minimum Gasteiger partial charge on any atom is -0.391 e. The van der Waals surface area contributed by atoms with E-state index in [9.17, 15) is 28.0 Å². The van der Waals surface area contributed by atoms with Crippen molar-refractivity contribution < 1.29 is 28.0 Å². The van der Waals surface area contributed by atoms with Gasteiger partial charge in [0, 0.05) is 0 Å². The summed E-state index contributed by atoms with van der Waals surface area (Å²) in [6, 6.07) is -1.14. The minimum absolute atomic E-state index is 0.285. The number of carbonyl (C=O) groups is 1. The van der Waals surface area contributed by atoms with E-state index < -0.39 is 40.0 Å². The number of amides is 1. The smallest absolute Gasteiger partial charge is 0.266 e. The second-order valence-corrected chi connectivity index (χ2v) is 13.8. The number of aliphatic hydroxyl groups is 2. The topological polar surface area (TPSA) is 124 Å². The Balaban J connectivity index is 4.09. The van der Waals surface area contributed by atoms with Crippen molar-refractivity contribution in [1.82, 2.24) is 5.32 Å². The molecule has 0 aromatic rings. The van der Waals surface area contributed by atoms with Crippen molar-refractivity contribution in [3.63, 3.8) is 0 Å². The third-order valence-corrected chi connectivity index (χ3v) is 8.86. The second kappa shape index (κ2) is 28.8. The number of allylic oxidation sites excluding steroid dienone is 2. The fourth-order valence-electron chi connectivity index (χ4n) is 5.34. The Labute approximate surface area is 259 Å². The summed E-state index contributed by atoms with van der Waals surface area (Å²) < 4.78 is 32.3. The molecule has 0 rings (SSSR count). The predicted molar refractivity (Wildman–Crippen MR) is 176 cm³/mol. The van der Waals surface area contributed by atoms with Crippen LogP contribution in [0, 0.1) is 0 Å². The highest BCUT2D eigenvalue weighted by molar-refractivity contribution is 7.85. The molecular formula is C34H67NO6S. The van der Waals surface area contributed by atoms with Crippen molar-refractivity contribution in [2.24, 2.45) is 0 Å². The molecule has 3 atom stereocenters. The van der Waals surface area contributed by atoms with Gasteiger partial charge in [0.1, 0.15) is 6.10 Å². The molecule has 0 saturated heterocycles. The van der Waals surface area contributed by atoms with Gasteiger partial charge in [0.2, 0.25) is 5.91 Å². The van der Waals surface area contributed by atoms with E-state index in [1.807, 2.05) is 0 Å². The minimum atomic E-state index is -4.40. The zero-order chi connectivity index (χ0) is 31.3. The van der Waals surface area contributed by atoms with E-state index in [1.165, 1.54) is 83.5 Å². The highest BCUT2D eigenvalue weighted by atomic mass is 32.2. The standard InChI is InChI=1S/C34H67NO6S/c1-3-5-7-9-11-13-15-16-17-18-19-21-23-25-27-29-33(37)34(38)35-31(30-42(39,40)41)32(36)28-26-24-22-20-14-12-10-8-6-4-2/h17-18,31-33,36-37H,3-16,19-30H2,1-2H3,(H,35,38)(H,39,40,41)/b18-17-. The highest BCUT2D eigenvalue weighted by Gasteiger charge is 2.28. The molecule has 4 N–H and O–H groups in total. The molecule has 42 heavy (non-hydrogen) atoms. The molecule has 0 aromatic heterocycles. The first-order valence-corrected chi connectivity index (χ1v) is 19.1. The maximum Gasteiger partial charge on any atom is 0.266 e. The van der Waals surface area contributed by atoms with Gasteiger partial charge < -0.3 is 15.5 Å². The van der Waals surface area contributed by atoms with Crippen molar-refractivity contribution in [3.8, 4) is 0 Å². The lowest BCUT2D eigenvalue weighted by Crippen LogP contribution is -2.50. The van der Waals surface area contributed by atoms with Crippen LogP contribution in [0.2, 0.25) is 0 Å². The summed E-state index contributed by atoms with van der Waals surface area (Å²) in [5, 5.41) is 23.3. The Morgan fingerprint density at radius 1 is 0.619 bits per heavy atom. The molecule has 3 unspecified atom stereocenters. The van der Waals surface area contributed by atoms with Crippen molar-refractivity contribution in [1.29, 1.82) is 0 Å². The average Bonchev–Trinajstić information content (AvgIpc) is 2.94.